The zero-order valence-electron chi connectivity index (χ0n) is 16.4. The van der Waals surface area contributed by atoms with Crippen molar-refractivity contribution < 1.29 is 62.6 Å². The molecule has 33 heavy (non-hydrogen) atoms. The van der Waals surface area contributed by atoms with Crippen molar-refractivity contribution in [3.63, 3.8) is 0 Å². The van der Waals surface area contributed by atoms with E-state index in [2.05, 4.69) is 13.2 Å². The van der Waals surface area contributed by atoms with Crippen molar-refractivity contribution in [2.24, 2.45) is 0 Å². The Morgan fingerprint density at radius 1 is 0.697 bits per heavy atom. The van der Waals surface area contributed by atoms with Crippen LogP contribution in [0.15, 0.2) is 37.4 Å². The van der Waals surface area contributed by atoms with E-state index in [0.29, 0.717) is 9.75 Å². The zero-order valence-corrected chi connectivity index (χ0v) is 19.2. The van der Waals surface area contributed by atoms with Gasteiger partial charge in [-0.15, -0.1) is 22.7 Å². The minimum Gasteiger partial charge on any atom is -0.293 e. The fourth-order valence-electron chi connectivity index (χ4n) is 1.89. The minimum atomic E-state index is -4.95. The maximum absolute atomic E-state index is 11.9. The number of rotatable bonds is 8. The fourth-order valence-corrected chi connectivity index (χ4v) is 3.48. The van der Waals surface area contributed by atoms with Crippen LogP contribution < -0.4 is 0 Å². The molecule has 1 radical (unpaired) electrons. The molecule has 0 unspecified atom stereocenters. The summed E-state index contributed by atoms with van der Waals surface area (Å²) in [7, 11) is 0. The molecule has 0 aliphatic rings. The number of hydrogen-bond donors (Lipinski definition) is 0. The number of Topliss-reactive ketones (excluding diaryl/α,β-unsaturated/α-hetero) is 4. The van der Waals surface area contributed by atoms with Crippen LogP contribution in [0.2, 0.25) is 0 Å². The van der Waals surface area contributed by atoms with Crippen LogP contribution in [0, 0.1) is 0 Å². The van der Waals surface area contributed by atoms with E-state index in [4.69, 9.17) is 0 Å². The molecule has 2 aromatic heterocycles. The minimum absolute atomic E-state index is 0. The van der Waals surface area contributed by atoms with Crippen LogP contribution in [0.4, 0.5) is 26.3 Å². The standard InChI is InChI=1S/2C10H7F3O2S.Mn/c2*1-2-6-3-4-8(16-6)7(14)5-9(15)10(11,12)13;/h2*2-4H,1,5H2;/q;;+2. The number of thiophene rings is 2. The first-order valence-corrected chi connectivity index (χ1v) is 10.0. The summed E-state index contributed by atoms with van der Waals surface area (Å²) in [5.41, 5.74) is 0. The number of hydrogen-bond acceptors (Lipinski definition) is 6. The van der Waals surface area contributed by atoms with Gasteiger partial charge in [-0.1, -0.05) is 25.3 Å². The maximum atomic E-state index is 11.9. The molecule has 177 valence electrons. The van der Waals surface area contributed by atoms with Gasteiger partial charge < -0.3 is 0 Å². The van der Waals surface area contributed by atoms with Crippen LogP contribution in [0.25, 0.3) is 12.2 Å². The van der Waals surface area contributed by atoms with Gasteiger partial charge in [-0.2, -0.15) is 26.3 Å². The van der Waals surface area contributed by atoms with Crippen LogP contribution in [0.5, 0.6) is 0 Å². The molecule has 2 heterocycles. The van der Waals surface area contributed by atoms with E-state index in [9.17, 15) is 45.5 Å². The number of carbonyl (C=O) groups excluding carboxylic acids is 4. The van der Waals surface area contributed by atoms with Gasteiger partial charge in [0.1, 0.15) is 0 Å². The summed E-state index contributed by atoms with van der Waals surface area (Å²) < 4.78 is 71.3. The molecular weight excluding hydrogens is 537 g/mol. The van der Waals surface area contributed by atoms with Gasteiger partial charge in [0.15, 0.2) is 11.6 Å². The maximum Gasteiger partial charge on any atom is 2.00 e. The van der Waals surface area contributed by atoms with Crippen LogP contribution in [0.3, 0.4) is 0 Å². The molecule has 0 bridgehead atoms. The molecule has 0 amide bonds. The molecule has 0 N–H and O–H groups in total. The third kappa shape index (κ3) is 9.99. The first kappa shape index (κ1) is 30.7. The monoisotopic (exact) mass is 551 g/mol. The van der Waals surface area contributed by atoms with Gasteiger partial charge in [0.25, 0.3) is 0 Å². The van der Waals surface area contributed by atoms with E-state index < -0.39 is 48.3 Å². The van der Waals surface area contributed by atoms with Gasteiger partial charge in [-0.05, 0) is 24.3 Å². The quantitative estimate of drug-likeness (QED) is 0.170. The number of halogens is 6. The fraction of sp³-hybridized carbons (Fsp3) is 0.200. The van der Waals surface area contributed by atoms with Crippen LogP contribution >= 0.6 is 22.7 Å². The van der Waals surface area contributed by atoms with Gasteiger partial charge in [0.05, 0.1) is 22.6 Å². The molecule has 2 aromatic rings. The Balaban J connectivity index is 0.000000602. The van der Waals surface area contributed by atoms with Crippen molar-refractivity contribution in [2.45, 2.75) is 25.2 Å². The molecule has 0 saturated heterocycles. The van der Waals surface area contributed by atoms with Crippen molar-refractivity contribution in [3.05, 3.63) is 56.9 Å². The van der Waals surface area contributed by atoms with Crippen LogP contribution in [-0.2, 0) is 26.7 Å². The second-order valence-electron chi connectivity index (χ2n) is 5.85. The second kappa shape index (κ2) is 12.8. The van der Waals surface area contributed by atoms with Crippen molar-refractivity contribution in [1.29, 1.82) is 0 Å². The Morgan fingerprint density at radius 2 is 1.00 bits per heavy atom. The summed E-state index contributed by atoms with van der Waals surface area (Å²) in [6, 6.07) is 5.88. The van der Waals surface area contributed by atoms with E-state index >= 15 is 0 Å². The summed E-state index contributed by atoms with van der Waals surface area (Å²) in [4.78, 5) is 45.3. The van der Waals surface area contributed by atoms with E-state index in [-0.39, 0.29) is 26.8 Å². The van der Waals surface area contributed by atoms with Crippen molar-refractivity contribution in [3.8, 4) is 0 Å². The molecule has 0 spiro atoms. The molecule has 0 aliphatic heterocycles. The number of ketones is 4. The largest absolute Gasteiger partial charge is 2.00 e. The molecular formula is C20H14F6MnO4S2+2. The molecule has 0 aliphatic carbocycles. The molecule has 0 saturated carbocycles. The molecule has 13 heteroatoms. The van der Waals surface area contributed by atoms with Gasteiger partial charge >= 0.3 is 29.4 Å². The predicted molar refractivity (Wildman–Crippen MR) is 109 cm³/mol. The summed E-state index contributed by atoms with van der Waals surface area (Å²) in [5.74, 6) is -5.68. The van der Waals surface area contributed by atoms with E-state index in [0.717, 1.165) is 22.7 Å². The van der Waals surface area contributed by atoms with E-state index in [1.54, 1.807) is 12.1 Å². The first-order chi connectivity index (χ1) is 14.7. The van der Waals surface area contributed by atoms with Crippen LogP contribution in [-0.4, -0.2) is 35.5 Å². The van der Waals surface area contributed by atoms with Crippen LogP contribution in [0.1, 0.15) is 41.9 Å². The summed E-state index contributed by atoms with van der Waals surface area (Å²) in [5, 5.41) is 0. The van der Waals surface area contributed by atoms with Crippen molar-refractivity contribution >= 4 is 58.0 Å². The summed E-state index contributed by atoms with van der Waals surface area (Å²) in [6.07, 6.45) is -9.22. The molecule has 0 fully saturated rings. The Morgan fingerprint density at radius 3 is 1.21 bits per heavy atom. The smallest absolute Gasteiger partial charge is 0.293 e. The Labute approximate surface area is 202 Å². The second-order valence-corrected chi connectivity index (χ2v) is 8.08. The third-order valence-corrected chi connectivity index (χ3v) is 5.72. The molecule has 0 aromatic carbocycles. The Hall–Kier alpha value is -2.34. The van der Waals surface area contributed by atoms with Gasteiger partial charge in [-0.25, -0.2) is 0 Å². The summed E-state index contributed by atoms with van der Waals surface area (Å²) >= 11 is 2.01. The average Bonchev–Trinajstić information content (AvgIpc) is 3.36. The van der Waals surface area contributed by atoms with E-state index in [1.165, 1.54) is 24.3 Å². The predicted octanol–water partition coefficient (Wildman–Crippen LogP) is 6.19. The van der Waals surface area contributed by atoms with Gasteiger partial charge in [0.2, 0.25) is 11.6 Å². The number of alkyl halides is 6. The zero-order chi connectivity index (χ0) is 24.7. The summed E-state index contributed by atoms with van der Waals surface area (Å²) in [6.45, 7) is 6.91. The first-order valence-electron chi connectivity index (χ1n) is 8.40. The Kier molecular flexibility index (Phi) is 11.9. The Bertz CT molecular complexity index is 952. The SMILES string of the molecule is C=Cc1ccc(C(=O)CC(=O)C(F)(F)F)s1.C=Cc1ccc(C(=O)CC(=O)C(F)(F)F)s1.[Mn+2]. The topological polar surface area (TPSA) is 68.3 Å². The normalized spacial score (nSPS) is 10.8. The van der Waals surface area contributed by atoms with E-state index in [1.807, 2.05) is 0 Å². The average molecular weight is 551 g/mol. The number of carbonyl (C=O) groups is 4. The van der Waals surface area contributed by atoms with Crippen molar-refractivity contribution in [2.75, 3.05) is 0 Å². The molecule has 4 nitrogen and oxygen atoms in total. The van der Waals surface area contributed by atoms with Gasteiger partial charge in [-0.3, -0.25) is 19.2 Å². The molecule has 2 rings (SSSR count). The third-order valence-electron chi connectivity index (χ3n) is 3.48. The van der Waals surface area contributed by atoms with Gasteiger partial charge in [0, 0.05) is 9.75 Å². The van der Waals surface area contributed by atoms with Crippen molar-refractivity contribution in [1.82, 2.24) is 0 Å². The molecule has 0 atom stereocenters.